The molecule has 1 aromatic heterocycles. The van der Waals surface area contributed by atoms with Gasteiger partial charge in [-0.25, -0.2) is 9.97 Å². The van der Waals surface area contributed by atoms with Crippen LogP contribution in [0.3, 0.4) is 0 Å². The summed E-state index contributed by atoms with van der Waals surface area (Å²) in [5, 5.41) is 5.75. The Morgan fingerprint density at radius 3 is 2.62 bits per heavy atom. The number of hydrogen-bond donors (Lipinski definition) is 2. The van der Waals surface area contributed by atoms with Crippen LogP contribution in [0, 0.1) is 0 Å². The molecule has 0 fully saturated rings. The third-order valence-electron chi connectivity index (χ3n) is 2.94. The molecule has 1 heterocycles. The van der Waals surface area contributed by atoms with Gasteiger partial charge in [-0.05, 0) is 25.3 Å². The topological polar surface area (TPSA) is 79.8 Å². The van der Waals surface area contributed by atoms with Crippen LogP contribution in [0.1, 0.15) is 25.8 Å². The van der Waals surface area contributed by atoms with E-state index in [0.717, 1.165) is 12.8 Å². The molecule has 0 aliphatic heterocycles. The largest absolute Gasteiger partial charge is 0.352 e. The second kappa shape index (κ2) is 7.33. The summed E-state index contributed by atoms with van der Waals surface area (Å²) >= 11 is 0. The van der Waals surface area contributed by atoms with Gasteiger partial charge in [0.1, 0.15) is 6.33 Å². The summed E-state index contributed by atoms with van der Waals surface area (Å²) in [7, 11) is 0. The van der Waals surface area contributed by atoms with Gasteiger partial charge in [0.15, 0.2) is 0 Å². The van der Waals surface area contributed by atoms with E-state index in [0.29, 0.717) is 5.95 Å². The van der Waals surface area contributed by atoms with Crippen LogP contribution in [0.25, 0.3) is 0 Å². The van der Waals surface area contributed by atoms with E-state index in [1.165, 1.54) is 18.8 Å². The highest BCUT2D eigenvalue weighted by atomic mass is 16.1. The van der Waals surface area contributed by atoms with E-state index in [9.17, 15) is 4.79 Å². The fourth-order valence-corrected chi connectivity index (χ4v) is 1.90. The molecular weight excluding hydrogens is 266 g/mol. The Morgan fingerprint density at radius 2 is 1.90 bits per heavy atom. The van der Waals surface area contributed by atoms with Crippen LogP contribution in [0.15, 0.2) is 36.7 Å². The maximum Gasteiger partial charge on any atom is 0.234 e. The van der Waals surface area contributed by atoms with Crippen molar-refractivity contribution in [1.29, 1.82) is 0 Å². The number of hydrogen-bond acceptors (Lipinski definition) is 5. The molecule has 6 nitrogen and oxygen atoms in total. The minimum Gasteiger partial charge on any atom is -0.352 e. The molecule has 0 bridgehead atoms. The number of aromatic nitrogens is 3. The van der Waals surface area contributed by atoms with Crippen molar-refractivity contribution in [3.63, 3.8) is 0 Å². The van der Waals surface area contributed by atoms with E-state index >= 15 is 0 Å². The summed E-state index contributed by atoms with van der Waals surface area (Å²) in [4.78, 5) is 23.1. The van der Waals surface area contributed by atoms with E-state index in [-0.39, 0.29) is 17.9 Å². The standard InChI is InChI=1S/C15H19N5O/c1-11(8-9-13-6-4-3-5-7-13)18-14-16-10-17-15(20-14)19-12(2)21/h3-7,10-11H,8-9H2,1-2H3,(H2,16,17,18,19,20,21). The van der Waals surface area contributed by atoms with Crippen molar-refractivity contribution in [1.82, 2.24) is 15.0 Å². The van der Waals surface area contributed by atoms with Crippen molar-refractivity contribution in [3.05, 3.63) is 42.2 Å². The molecule has 2 rings (SSSR count). The van der Waals surface area contributed by atoms with E-state index in [4.69, 9.17) is 0 Å². The minimum atomic E-state index is -0.204. The van der Waals surface area contributed by atoms with Crippen molar-refractivity contribution in [2.45, 2.75) is 32.7 Å². The Hall–Kier alpha value is -2.50. The fraction of sp³-hybridized carbons (Fsp3) is 0.333. The lowest BCUT2D eigenvalue weighted by atomic mass is 10.1. The molecule has 0 spiro atoms. The Labute approximate surface area is 124 Å². The van der Waals surface area contributed by atoms with Crippen LogP contribution in [0.4, 0.5) is 11.9 Å². The number of benzene rings is 1. The van der Waals surface area contributed by atoms with Gasteiger partial charge in [0.2, 0.25) is 17.8 Å². The summed E-state index contributed by atoms with van der Waals surface area (Å²) in [5.41, 5.74) is 1.31. The van der Waals surface area contributed by atoms with Crippen molar-refractivity contribution in [3.8, 4) is 0 Å². The highest BCUT2D eigenvalue weighted by Crippen LogP contribution is 2.09. The maximum atomic E-state index is 11.0. The summed E-state index contributed by atoms with van der Waals surface area (Å²) in [6.45, 7) is 3.49. The van der Waals surface area contributed by atoms with Crippen molar-refractivity contribution in [2.75, 3.05) is 10.6 Å². The summed E-state index contributed by atoms with van der Waals surface area (Å²) < 4.78 is 0. The normalized spacial score (nSPS) is 11.7. The first-order valence-electron chi connectivity index (χ1n) is 6.90. The van der Waals surface area contributed by atoms with E-state index < -0.39 is 0 Å². The molecule has 0 saturated carbocycles. The molecule has 0 saturated heterocycles. The van der Waals surface area contributed by atoms with Crippen LogP contribution < -0.4 is 10.6 Å². The van der Waals surface area contributed by atoms with Gasteiger partial charge in [-0.1, -0.05) is 30.3 Å². The van der Waals surface area contributed by atoms with E-state index in [1.54, 1.807) is 0 Å². The molecule has 6 heteroatoms. The number of anilines is 2. The number of carbonyl (C=O) groups excluding carboxylic acids is 1. The lowest BCUT2D eigenvalue weighted by Crippen LogP contribution is -2.19. The average molecular weight is 285 g/mol. The molecule has 1 atom stereocenters. The Balaban J connectivity index is 1.87. The third-order valence-corrected chi connectivity index (χ3v) is 2.94. The zero-order valence-electron chi connectivity index (χ0n) is 12.2. The van der Waals surface area contributed by atoms with Crippen molar-refractivity contribution >= 4 is 17.8 Å². The number of carbonyl (C=O) groups is 1. The van der Waals surface area contributed by atoms with Gasteiger partial charge in [0.05, 0.1) is 0 Å². The number of rotatable bonds is 6. The number of nitrogens with one attached hydrogen (secondary N) is 2. The van der Waals surface area contributed by atoms with Gasteiger partial charge in [0.25, 0.3) is 0 Å². The highest BCUT2D eigenvalue weighted by Gasteiger charge is 2.06. The molecule has 2 N–H and O–H groups in total. The predicted octanol–water partition coefficient (Wildman–Crippen LogP) is 2.26. The minimum absolute atomic E-state index is 0.204. The molecule has 0 aliphatic rings. The first-order chi connectivity index (χ1) is 10.1. The first kappa shape index (κ1) is 14.9. The average Bonchev–Trinajstić information content (AvgIpc) is 2.46. The highest BCUT2D eigenvalue weighted by molar-refractivity contribution is 5.86. The molecule has 1 amide bonds. The first-order valence-corrected chi connectivity index (χ1v) is 6.90. The summed E-state index contributed by atoms with van der Waals surface area (Å²) in [6.07, 6.45) is 3.33. The number of amides is 1. The second-order valence-corrected chi connectivity index (χ2v) is 4.88. The van der Waals surface area contributed by atoms with Gasteiger partial charge in [-0.15, -0.1) is 0 Å². The molecule has 0 aliphatic carbocycles. The molecule has 1 unspecified atom stereocenters. The van der Waals surface area contributed by atoms with E-state index in [2.05, 4.69) is 44.6 Å². The molecular formula is C15H19N5O. The second-order valence-electron chi connectivity index (χ2n) is 4.88. The lowest BCUT2D eigenvalue weighted by Gasteiger charge is -2.13. The Morgan fingerprint density at radius 1 is 1.19 bits per heavy atom. The van der Waals surface area contributed by atoms with Gasteiger partial charge in [0, 0.05) is 13.0 Å². The molecule has 0 radical (unpaired) electrons. The summed E-state index contributed by atoms with van der Waals surface area (Å²) in [6, 6.07) is 10.5. The van der Waals surface area contributed by atoms with Gasteiger partial charge < -0.3 is 5.32 Å². The van der Waals surface area contributed by atoms with Crippen LogP contribution in [0.5, 0.6) is 0 Å². The maximum absolute atomic E-state index is 11.0. The Bertz CT molecular complexity index is 588. The molecule has 21 heavy (non-hydrogen) atoms. The van der Waals surface area contributed by atoms with Crippen LogP contribution in [-0.2, 0) is 11.2 Å². The van der Waals surface area contributed by atoms with Gasteiger partial charge in [-0.3, -0.25) is 10.1 Å². The molecule has 2 aromatic rings. The zero-order valence-corrected chi connectivity index (χ0v) is 12.2. The lowest BCUT2D eigenvalue weighted by molar-refractivity contribution is -0.114. The van der Waals surface area contributed by atoms with Crippen LogP contribution in [0.2, 0.25) is 0 Å². The predicted molar refractivity (Wildman–Crippen MR) is 82.0 cm³/mol. The van der Waals surface area contributed by atoms with Gasteiger partial charge >= 0.3 is 0 Å². The SMILES string of the molecule is CC(=O)Nc1ncnc(NC(C)CCc2ccccc2)n1. The van der Waals surface area contributed by atoms with Crippen LogP contribution in [-0.4, -0.2) is 26.9 Å². The van der Waals surface area contributed by atoms with Crippen molar-refractivity contribution in [2.24, 2.45) is 0 Å². The van der Waals surface area contributed by atoms with Gasteiger partial charge in [-0.2, -0.15) is 4.98 Å². The fourth-order valence-electron chi connectivity index (χ4n) is 1.90. The molecule has 1 aromatic carbocycles. The number of aryl methyl sites for hydroxylation is 1. The van der Waals surface area contributed by atoms with E-state index in [1.807, 2.05) is 18.2 Å². The van der Waals surface area contributed by atoms with Crippen LogP contribution >= 0.6 is 0 Å². The smallest absolute Gasteiger partial charge is 0.234 e. The summed E-state index contributed by atoms with van der Waals surface area (Å²) in [5.74, 6) is 0.522. The third kappa shape index (κ3) is 5.18. The monoisotopic (exact) mass is 285 g/mol. The Kier molecular flexibility index (Phi) is 5.20. The van der Waals surface area contributed by atoms with Crippen molar-refractivity contribution < 1.29 is 4.79 Å². The molecule has 110 valence electrons. The quantitative estimate of drug-likeness (QED) is 0.851. The zero-order chi connectivity index (χ0) is 15.1. The number of nitrogens with zero attached hydrogens (tertiary/aromatic N) is 3.